The van der Waals surface area contributed by atoms with Gasteiger partial charge >= 0.3 is 0 Å². The molecule has 0 saturated heterocycles. The minimum Gasteiger partial charge on any atom is -0.479 e. The van der Waals surface area contributed by atoms with Gasteiger partial charge in [0, 0.05) is 6.04 Å². The van der Waals surface area contributed by atoms with Crippen LogP contribution in [0, 0.1) is 0 Å². The fraction of sp³-hybridized carbons (Fsp3) is 0.533. The fourth-order valence-corrected chi connectivity index (χ4v) is 1.63. The van der Waals surface area contributed by atoms with Gasteiger partial charge in [0.1, 0.15) is 5.75 Å². The lowest BCUT2D eigenvalue weighted by molar-refractivity contribution is -0.127. The number of aryl methyl sites for hydroxylation is 1. The van der Waals surface area contributed by atoms with Crippen molar-refractivity contribution in [1.29, 1.82) is 0 Å². The number of nitrogens with one attached hydrogen (secondary N) is 1. The number of rotatable bonds is 6. The summed E-state index contributed by atoms with van der Waals surface area (Å²) in [5.74, 6) is 0.442. The molecule has 106 valence electrons. The van der Waals surface area contributed by atoms with E-state index >= 15 is 0 Å². The second-order valence-corrected chi connectivity index (χ2v) is 4.80. The number of hydrogen-bond acceptors (Lipinski definition) is 3. The van der Waals surface area contributed by atoms with E-state index in [1.165, 1.54) is 0 Å². The highest BCUT2D eigenvalue weighted by Gasteiger charge is 2.17. The first-order valence-corrected chi connectivity index (χ1v) is 6.83. The van der Waals surface area contributed by atoms with Crippen LogP contribution in [0.4, 0.5) is 5.69 Å². The third-order valence-corrected chi connectivity index (χ3v) is 3.16. The smallest absolute Gasteiger partial charge is 0.260 e. The van der Waals surface area contributed by atoms with Crippen molar-refractivity contribution in [1.82, 2.24) is 5.32 Å². The molecule has 4 heteroatoms. The summed E-state index contributed by atoms with van der Waals surface area (Å²) < 4.78 is 5.61. The molecule has 0 bridgehead atoms. The molecule has 2 atom stereocenters. The molecule has 0 aromatic heterocycles. The molecule has 0 radical (unpaired) electrons. The standard InChI is InChI=1S/C15H24N2O2/c1-5-10(3)17-15(18)11(4)19-14-8-7-12(6-2)9-13(14)16/h7-11H,5-6,16H2,1-4H3,(H,17,18). The van der Waals surface area contributed by atoms with Gasteiger partial charge in [-0.2, -0.15) is 0 Å². The first-order valence-electron chi connectivity index (χ1n) is 6.83. The molecule has 0 aliphatic rings. The third-order valence-electron chi connectivity index (χ3n) is 3.16. The Balaban J connectivity index is 2.66. The molecule has 2 unspecified atom stereocenters. The summed E-state index contributed by atoms with van der Waals surface area (Å²) in [5.41, 5.74) is 7.64. The van der Waals surface area contributed by atoms with Gasteiger partial charge in [-0.05, 0) is 44.4 Å². The van der Waals surface area contributed by atoms with Crippen molar-refractivity contribution in [2.75, 3.05) is 5.73 Å². The zero-order valence-electron chi connectivity index (χ0n) is 12.2. The molecular weight excluding hydrogens is 240 g/mol. The molecule has 19 heavy (non-hydrogen) atoms. The average Bonchev–Trinajstić information content (AvgIpc) is 2.40. The highest BCUT2D eigenvalue weighted by atomic mass is 16.5. The number of ether oxygens (including phenoxy) is 1. The second-order valence-electron chi connectivity index (χ2n) is 4.80. The Morgan fingerprint density at radius 3 is 2.58 bits per heavy atom. The van der Waals surface area contributed by atoms with E-state index in [-0.39, 0.29) is 11.9 Å². The molecule has 1 rings (SSSR count). The summed E-state index contributed by atoms with van der Waals surface area (Å²) in [4.78, 5) is 11.9. The van der Waals surface area contributed by atoms with Crippen molar-refractivity contribution in [3.05, 3.63) is 23.8 Å². The van der Waals surface area contributed by atoms with E-state index in [1.54, 1.807) is 6.92 Å². The van der Waals surface area contributed by atoms with Gasteiger partial charge in [-0.15, -0.1) is 0 Å². The summed E-state index contributed by atoms with van der Waals surface area (Å²) in [5, 5.41) is 2.89. The van der Waals surface area contributed by atoms with Gasteiger partial charge in [0.05, 0.1) is 5.69 Å². The molecule has 0 aliphatic carbocycles. The van der Waals surface area contributed by atoms with Crippen LogP contribution in [0.3, 0.4) is 0 Å². The molecule has 3 N–H and O–H groups in total. The van der Waals surface area contributed by atoms with Gasteiger partial charge in [-0.1, -0.05) is 19.9 Å². The first-order chi connectivity index (χ1) is 8.97. The molecule has 0 heterocycles. The number of benzene rings is 1. The lowest BCUT2D eigenvalue weighted by atomic mass is 10.1. The number of carbonyl (C=O) groups excluding carboxylic acids is 1. The van der Waals surface area contributed by atoms with Crippen LogP contribution < -0.4 is 15.8 Å². The van der Waals surface area contributed by atoms with Crippen LogP contribution in [0.2, 0.25) is 0 Å². The summed E-state index contributed by atoms with van der Waals surface area (Å²) in [6.07, 6.45) is 1.27. The minimum atomic E-state index is -0.552. The second kappa shape index (κ2) is 7.02. The molecule has 0 saturated carbocycles. The van der Waals surface area contributed by atoms with E-state index in [0.717, 1.165) is 18.4 Å². The van der Waals surface area contributed by atoms with Crippen molar-refractivity contribution in [2.45, 2.75) is 52.7 Å². The maximum absolute atomic E-state index is 11.9. The van der Waals surface area contributed by atoms with Crippen molar-refractivity contribution in [3.63, 3.8) is 0 Å². The van der Waals surface area contributed by atoms with Gasteiger partial charge in [0.2, 0.25) is 0 Å². The third kappa shape index (κ3) is 4.47. The number of nitrogens with two attached hydrogens (primary N) is 1. The monoisotopic (exact) mass is 264 g/mol. The van der Waals surface area contributed by atoms with Gasteiger partial charge in [0.15, 0.2) is 6.10 Å². The Morgan fingerprint density at radius 2 is 2.05 bits per heavy atom. The van der Waals surface area contributed by atoms with Crippen LogP contribution in [-0.2, 0) is 11.2 Å². The first kappa shape index (κ1) is 15.3. The van der Waals surface area contributed by atoms with E-state index in [9.17, 15) is 4.79 Å². The van der Waals surface area contributed by atoms with Crippen LogP contribution in [0.25, 0.3) is 0 Å². The van der Waals surface area contributed by atoms with E-state index in [0.29, 0.717) is 11.4 Å². The summed E-state index contributed by atoms with van der Waals surface area (Å²) in [6.45, 7) is 7.79. The largest absolute Gasteiger partial charge is 0.479 e. The Hall–Kier alpha value is -1.71. The topological polar surface area (TPSA) is 64.3 Å². The predicted molar refractivity (Wildman–Crippen MR) is 78.2 cm³/mol. The van der Waals surface area contributed by atoms with Crippen LogP contribution >= 0.6 is 0 Å². The van der Waals surface area contributed by atoms with E-state index in [4.69, 9.17) is 10.5 Å². The molecule has 1 amide bonds. The highest BCUT2D eigenvalue weighted by molar-refractivity contribution is 5.81. The van der Waals surface area contributed by atoms with E-state index in [2.05, 4.69) is 12.2 Å². The maximum atomic E-state index is 11.9. The number of amides is 1. The Kier molecular flexibility index (Phi) is 5.67. The molecule has 0 aliphatic heterocycles. The summed E-state index contributed by atoms with van der Waals surface area (Å²) in [6, 6.07) is 5.82. The molecular formula is C15H24N2O2. The summed E-state index contributed by atoms with van der Waals surface area (Å²) in [7, 11) is 0. The van der Waals surface area contributed by atoms with Gasteiger partial charge in [-0.25, -0.2) is 0 Å². The quantitative estimate of drug-likeness (QED) is 0.776. The van der Waals surface area contributed by atoms with Crippen LogP contribution in [0.15, 0.2) is 18.2 Å². The number of nitrogen functional groups attached to an aromatic ring is 1. The van der Waals surface area contributed by atoms with Crippen molar-refractivity contribution < 1.29 is 9.53 Å². The minimum absolute atomic E-state index is 0.117. The van der Waals surface area contributed by atoms with Gasteiger partial charge < -0.3 is 15.8 Å². The number of anilines is 1. The normalized spacial score (nSPS) is 13.7. The van der Waals surface area contributed by atoms with E-state index in [1.807, 2.05) is 32.0 Å². The molecule has 1 aromatic carbocycles. The zero-order chi connectivity index (χ0) is 14.4. The Morgan fingerprint density at radius 1 is 1.37 bits per heavy atom. The van der Waals surface area contributed by atoms with E-state index < -0.39 is 6.10 Å². The lowest BCUT2D eigenvalue weighted by Gasteiger charge is -2.18. The van der Waals surface area contributed by atoms with Crippen LogP contribution in [-0.4, -0.2) is 18.1 Å². The van der Waals surface area contributed by atoms with Gasteiger partial charge in [-0.3, -0.25) is 4.79 Å². The average molecular weight is 264 g/mol. The Labute approximate surface area is 115 Å². The SMILES string of the molecule is CCc1ccc(OC(C)C(=O)NC(C)CC)c(N)c1. The van der Waals surface area contributed by atoms with Gasteiger partial charge in [0.25, 0.3) is 5.91 Å². The van der Waals surface area contributed by atoms with Crippen LogP contribution in [0.5, 0.6) is 5.75 Å². The van der Waals surface area contributed by atoms with Crippen molar-refractivity contribution in [2.24, 2.45) is 0 Å². The lowest BCUT2D eigenvalue weighted by Crippen LogP contribution is -2.41. The van der Waals surface area contributed by atoms with Crippen molar-refractivity contribution >= 4 is 11.6 Å². The zero-order valence-corrected chi connectivity index (χ0v) is 12.2. The van der Waals surface area contributed by atoms with Crippen molar-refractivity contribution in [3.8, 4) is 5.75 Å². The molecule has 1 aromatic rings. The Bertz CT molecular complexity index is 432. The molecule has 0 spiro atoms. The highest BCUT2D eigenvalue weighted by Crippen LogP contribution is 2.23. The fourth-order valence-electron chi connectivity index (χ4n) is 1.63. The number of hydrogen-bond donors (Lipinski definition) is 2. The maximum Gasteiger partial charge on any atom is 0.260 e. The molecule has 4 nitrogen and oxygen atoms in total. The summed E-state index contributed by atoms with van der Waals surface area (Å²) >= 11 is 0. The van der Waals surface area contributed by atoms with Crippen LogP contribution in [0.1, 0.15) is 39.7 Å². The molecule has 0 fully saturated rings. The predicted octanol–water partition coefficient (Wildman–Crippen LogP) is 2.51. The number of carbonyl (C=O) groups is 1.